The molecule has 2 rings (SSSR count). The van der Waals surface area contributed by atoms with Crippen molar-refractivity contribution in [1.29, 1.82) is 0 Å². The summed E-state index contributed by atoms with van der Waals surface area (Å²) in [6.07, 6.45) is 0.393. The van der Waals surface area contributed by atoms with Crippen molar-refractivity contribution in [2.75, 3.05) is 13.2 Å². The number of piperazine rings is 1. The SMILES string of the molecule is CC(C)(C)CC1C(=O)NCC2NOCC(=O)N21. The highest BCUT2D eigenvalue weighted by Crippen LogP contribution is 2.26. The number of rotatable bonds is 1. The second-order valence-electron chi connectivity index (χ2n) is 5.75. The van der Waals surface area contributed by atoms with E-state index in [0.29, 0.717) is 13.0 Å². The molecule has 6 nitrogen and oxygen atoms in total. The van der Waals surface area contributed by atoms with Gasteiger partial charge in [0.15, 0.2) is 0 Å². The minimum atomic E-state index is -0.405. The van der Waals surface area contributed by atoms with Crippen LogP contribution in [0.5, 0.6) is 0 Å². The summed E-state index contributed by atoms with van der Waals surface area (Å²) in [5, 5.41) is 2.80. The molecule has 2 aliphatic rings. The number of carbonyl (C=O) groups is 2. The lowest BCUT2D eigenvalue weighted by atomic mass is 9.86. The van der Waals surface area contributed by atoms with Crippen LogP contribution in [0.15, 0.2) is 0 Å². The standard InChI is InChI=1S/C11H19N3O3/c1-11(2,3)4-7-10(16)12-5-8-13-17-6-9(15)14(7)8/h7-8,13H,4-6H2,1-3H3,(H,12,16). The fourth-order valence-electron chi connectivity index (χ4n) is 2.25. The molecule has 0 aromatic carbocycles. The van der Waals surface area contributed by atoms with Gasteiger partial charge in [0.05, 0.1) is 6.54 Å². The van der Waals surface area contributed by atoms with E-state index in [1.807, 2.05) is 0 Å². The van der Waals surface area contributed by atoms with Gasteiger partial charge in [0.2, 0.25) is 5.91 Å². The molecular formula is C11H19N3O3. The van der Waals surface area contributed by atoms with E-state index in [0.717, 1.165) is 0 Å². The monoisotopic (exact) mass is 241 g/mol. The van der Waals surface area contributed by atoms with Crippen molar-refractivity contribution >= 4 is 11.8 Å². The predicted molar refractivity (Wildman–Crippen MR) is 60.6 cm³/mol. The Balaban J connectivity index is 2.19. The quantitative estimate of drug-likeness (QED) is 0.656. The number of fused-ring (bicyclic) bond motifs is 1. The first-order valence-corrected chi connectivity index (χ1v) is 5.85. The van der Waals surface area contributed by atoms with Gasteiger partial charge >= 0.3 is 0 Å². The minimum absolute atomic E-state index is 0.00950. The number of nitrogens with one attached hydrogen (secondary N) is 2. The van der Waals surface area contributed by atoms with Crippen molar-refractivity contribution in [3.63, 3.8) is 0 Å². The second-order valence-corrected chi connectivity index (χ2v) is 5.75. The van der Waals surface area contributed by atoms with Crippen molar-refractivity contribution in [2.45, 2.75) is 39.4 Å². The Labute approximate surface area is 101 Å². The summed E-state index contributed by atoms with van der Waals surface area (Å²) in [6.45, 7) is 6.56. The summed E-state index contributed by atoms with van der Waals surface area (Å²) in [6, 6.07) is -0.405. The van der Waals surface area contributed by atoms with E-state index in [1.54, 1.807) is 4.90 Å². The Morgan fingerprint density at radius 2 is 2.12 bits per heavy atom. The Kier molecular flexibility index (Phi) is 3.09. The number of nitrogens with zero attached hydrogens (tertiary/aromatic N) is 1. The van der Waals surface area contributed by atoms with Crippen LogP contribution in [0, 0.1) is 5.41 Å². The third kappa shape index (κ3) is 2.58. The Morgan fingerprint density at radius 1 is 1.41 bits per heavy atom. The lowest BCUT2D eigenvalue weighted by Crippen LogP contribution is -2.70. The molecule has 2 fully saturated rings. The highest BCUT2D eigenvalue weighted by Gasteiger charge is 2.43. The van der Waals surface area contributed by atoms with E-state index in [-0.39, 0.29) is 30.0 Å². The molecule has 2 aliphatic heterocycles. The molecule has 0 saturated carbocycles. The van der Waals surface area contributed by atoms with Gasteiger partial charge in [0.25, 0.3) is 5.91 Å². The third-order valence-corrected chi connectivity index (χ3v) is 2.95. The van der Waals surface area contributed by atoms with E-state index in [1.165, 1.54) is 0 Å². The molecule has 0 aliphatic carbocycles. The van der Waals surface area contributed by atoms with Crippen molar-refractivity contribution < 1.29 is 14.4 Å². The van der Waals surface area contributed by atoms with Crippen molar-refractivity contribution in [2.24, 2.45) is 5.41 Å². The number of carbonyl (C=O) groups excluding carboxylic acids is 2. The van der Waals surface area contributed by atoms with Gasteiger partial charge in [-0.1, -0.05) is 20.8 Å². The normalized spacial score (nSPS) is 29.9. The lowest BCUT2D eigenvalue weighted by molar-refractivity contribution is -0.175. The topological polar surface area (TPSA) is 70.7 Å². The Hall–Kier alpha value is -1.14. The minimum Gasteiger partial charge on any atom is -0.351 e. The van der Waals surface area contributed by atoms with Crippen LogP contribution >= 0.6 is 0 Å². The largest absolute Gasteiger partial charge is 0.351 e. The summed E-state index contributed by atoms with van der Waals surface area (Å²) < 4.78 is 0. The molecule has 0 aromatic rings. The maximum Gasteiger partial charge on any atom is 0.252 e. The van der Waals surface area contributed by atoms with Gasteiger partial charge in [-0.25, -0.2) is 0 Å². The van der Waals surface area contributed by atoms with Crippen LogP contribution in [-0.2, 0) is 14.4 Å². The summed E-state index contributed by atoms with van der Waals surface area (Å²) in [7, 11) is 0. The Bertz CT molecular complexity index is 337. The lowest BCUT2D eigenvalue weighted by Gasteiger charge is -2.45. The van der Waals surface area contributed by atoms with E-state index in [9.17, 15) is 9.59 Å². The molecule has 2 amide bonds. The first-order chi connectivity index (χ1) is 7.88. The first kappa shape index (κ1) is 12.3. The smallest absolute Gasteiger partial charge is 0.252 e. The fourth-order valence-corrected chi connectivity index (χ4v) is 2.25. The maximum atomic E-state index is 11.9. The predicted octanol–water partition coefficient (Wildman–Crippen LogP) is -0.389. The molecule has 6 heteroatoms. The highest BCUT2D eigenvalue weighted by atomic mass is 16.7. The summed E-state index contributed by atoms with van der Waals surface area (Å²) in [4.78, 5) is 30.3. The maximum absolute atomic E-state index is 11.9. The average Bonchev–Trinajstić information content (AvgIpc) is 2.21. The first-order valence-electron chi connectivity index (χ1n) is 5.85. The zero-order valence-corrected chi connectivity index (χ0v) is 10.4. The van der Waals surface area contributed by atoms with Crippen molar-refractivity contribution in [3.05, 3.63) is 0 Å². The number of hydroxylamine groups is 1. The molecule has 0 bridgehead atoms. The van der Waals surface area contributed by atoms with Crippen LogP contribution in [0.1, 0.15) is 27.2 Å². The zero-order chi connectivity index (χ0) is 12.6. The molecule has 0 spiro atoms. The molecule has 2 N–H and O–H groups in total. The number of hydrogen-bond acceptors (Lipinski definition) is 4. The molecule has 2 saturated heterocycles. The van der Waals surface area contributed by atoms with Gasteiger partial charge in [0, 0.05) is 0 Å². The van der Waals surface area contributed by atoms with E-state index in [4.69, 9.17) is 4.84 Å². The van der Waals surface area contributed by atoms with Crippen LogP contribution in [0.2, 0.25) is 0 Å². The van der Waals surface area contributed by atoms with Crippen LogP contribution in [0.3, 0.4) is 0 Å². The summed E-state index contributed by atoms with van der Waals surface area (Å²) in [5.41, 5.74) is 2.77. The zero-order valence-electron chi connectivity index (χ0n) is 10.4. The Morgan fingerprint density at radius 3 is 2.76 bits per heavy atom. The molecule has 2 heterocycles. The average molecular weight is 241 g/mol. The van der Waals surface area contributed by atoms with Crippen LogP contribution in [0.4, 0.5) is 0 Å². The third-order valence-electron chi connectivity index (χ3n) is 2.95. The van der Waals surface area contributed by atoms with Crippen LogP contribution in [0.25, 0.3) is 0 Å². The van der Waals surface area contributed by atoms with Gasteiger partial charge in [-0.2, -0.15) is 5.48 Å². The van der Waals surface area contributed by atoms with Gasteiger partial charge in [-0.05, 0) is 11.8 Å². The van der Waals surface area contributed by atoms with E-state index in [2.05, 4.69) is 31.6 Å². The molecule has 0 aromatic heterocycles. The van der Waals surface area contributed by atoms with Gasteiger partial charge in [-0.15, -0.1) is 0 Å². The number of amides is 2. The van der Waals surface area contributed by atoms with E-state index >= 15 is 0 Å². The molecular weight excluding hydrogens is 222 g/mol. The summed E-state index contributed by atoms with van der Waals surface area (Å²) >= 11 is 0. The van der Waals surface area contributed by atoms with Gasteiger partial charge in [-0.3, -0.25) is 14.4 Å². The molecule has 96 valence electrons. The molecule has 0 radical (unpaired) electrons. The summed E-state index contributed by atoms with van der Waals surface area (Å²) in [5.74, 6) is -0.203. The second kappa shape index (κ2) is 4.27. The van der Waals surface area contributed by atoms with Gasteiger partial charge in [0.1, 0.15) is 18.8 Å². The molecule has 2 atom stereocenters. The van der Waals surface area contributed by atoms with Gasteiger partial charge < -0.3 is 10.2 Å². The molecule has 2 unspecified atom stereocenters. The van der Waals surface area contributed by atoms with Crippen molar-refractivity contribution in [1.82, 2.24) is 15.7 Å². The fraction of sp³-hybridized carbons (Fsp3) is 0.818. The van der Waals surface area contributed by atoms with Crippen LogP contribution in [-0.4, -0.2) is 42.1 Å². The molecule has 17 heavy (non-hydrogen) atoms. The highest BCUT2D eigenvalue weighted by molar-refractivity contribution is 5.89. The number of hydrogen-bond donors (Lipinski definition) is 2. The van der Waals surface area contributed by atoms with Crippen molar-refractivity contribution in [3.8, 4) is 0 Å². The van der Waals surface area contributed by atoms with E-state index < -0.39 is 6.04 Å². The van der Waals surface area contributed by atoms with Crippen LogP contribution < -0.4 is 10.8 Å².